The zero-order valence-electron chi connectivity index (χ0n) is 15.0. The van der Waals surface area contributed by atoms with Crippen LogP contribution in [0.15, 0.2) is 42.7 Å². The van der Waals surface area contributed by atoms with E-state index in [1.54, 1.807) is 25.4 Å². The molecule has 1 aliphatic rings. The van der Waals surface area contributed by atoms with Crippen molar-refractivity contribution in [2.45, 2.75) is 19.5 Å². The minimum absolute atomic E-state index is 0.0683. The van der Waals surface area contributed by atoms with E-state index in [4.69, 9.17) is 0 Å². The number of likely N-dealkylation sites (tertiary alicyclic amines) is 1. The van der Waals surface area contributed by atoms with Crippen LogP contribution in [0.25, 0.3) is 0 Å². The molecule has 1 saturated heterocycles. The number of pyridine rings is 2. The molecular weight excluding hydrogens is 330 g/mol. The van der Waals surface area contributed by atoms with Crippen LogP contribution >= 0.6 is 0 Å². The molecule has 1 fully saturated rings. The minimum atomic E-state index is -0.301. The molecule has 0 aliphatic carbocycles. The van der Waals surface area contributed by atoms with Gasteiger partial charge in [-0.25, -0.2) is 4.98 Å². The summed E-state index contributed by atoms with van der Waals surface area (Å²) in [5.74, 6) is -0.623. The first-order chi connectivity index (χ1) is 12.6. The number of hydrogen-bond acceptors (Lipinski definition) is 5. The molecule has 3 heterocycles. The van der Waals surface area contributed by atoms with Crippen LogP contribution in [0.4, 0.5) is 0 Å². The highest BCUT2D eigenvalue weighted by Crippen LogP contribution is 2.20. The van der Waals surface area contributed by atoms with E-state index < -0.39 is 0 Å². The fourth-order valence-electron chi connectivity index (χ4n) is 3.27. The highest BCUT2D eigenvalue weighted by molar-refractivity contribution is 5.93. The Bertz CT molecular complexity index is 781. The minimum Gasteiger partial charge on any atom is -0.359 e. The molecule has 1 aliphatic heterocycles. The van der Waals surface area contributed by atoms with Crippen molar-refractivity contribution in [1.82, 2.24) is 25.5 Å². The van der Waals surface area contributed by atoms with Gasteiger partial charge in [0.2, 0.25) is 5.91 Å². The summed E-state index contributed by atoms with van der Waals surface area (Å²) in [7, 11) is 1.62. The van der Waals surface area contributed by atoms with Crippen LogP contribution in [0, 0.1) is 12.8 Å². The first-order valence-corrected chi connectivity index (χ1v) is 8.64. The number of carbonyl (C=O) groups excluding carboxylic acids is 2. The number of nitrogens with one attached hydrogen (secondary N) is 2. The predicted molar refractivity (Wildman–Crippen MR) is 97.3 cm³/mol. The molecule has 0 radical (unpaired) electrons. The Morgan fingerprint density at radius 3 is 2.77 bits per heavy atom. The van der Waals surface area contributed by atoms with E-state index in [0.29, 0.717) is 25.3 Å². The van der Waals surface area contributed by atoms with Crippen LogP contribution in [-0.2, 0) is 11.3 Å². The number of carbonyl (C=O) groups is 2. The normalized spacial score (nSPS) is 19.9. The summed E-state index contributed by atoms with van der Waals surface area (Å²) < 4.78 is 0. The van der Waals surface area contributed by atoms with Gasteiger partial charge in [0.1, 0.15) is 5.69 Å². The summed E-state index contributed by atoms with van der Waals surface area (Å²) in [6.07, 6.45) is 3.55. The lowest BCUT2D eigenvalue weighted by molar-refractivity contribution is -0.124. The Morgan fingerprint density at radius 1 is 1.23 bits per heavy atom. The maximum absolute atomic E-state index is 12.5. The van der Waals surface area contributed by atoms with Crippen LogP contribution in [0.1, 0.15) is 21.7 Å². The predicted octanol–water partition coefficient (Wildman–Crippen LogP) is 0.761. The number of rotatable bonds is 5. The van der Waals surface area contributed by atoms with Gasteiger partial charge in [0.25, 0.3) is 5.91 Å². The summed E-state index contributed by atoms with van der Waals surface area (Å²) in [4.78, 5) is 35.4. The average molecular weight is 353 g/mol. The zero-order valence-corrected chi connectivity index (χ0v) is 15.0. The number of amides is 2. The molecule has 0 saturated carbocycles. The second-order valence-electron chi connectivity index (χ2n) is 6.52. The molecule has 0 spiro atoms. The van der Waals surface area contributed by atoms with Crippen molar-refractivity contribution in [2.75, 3.05) is 20.1 Å². The number of aryl methyl sites for hydroxylation is 1. The summed E-state index contributed by atoms with van der Waals surface area (Å²) in [5, 5.41) is 5.68. The molecular formula is C19H23N5O2. The molecule has 26 heavy (non-hydrogen) atoms. The SMILES string of the molecule is CNC(=O)C1CN(Cc2cccnc2)CC1NC(=O)c1cccc(C)n1. The van der Waals surface area contributed by atoms with E-state index in [1.165, 1.54) is 0 Å². The summed E-state index contributed by atoms with van der Waals surface area (Å²) in [6.45, 7) is 3.72. The van der Waals surface area contributed by atoms with E-state index in [0.717, 1.165) is 11.3 Å². The molecule has 2 aromatic heterocycles. The van der Waals surface area contributed by atoms with Crippen molar-refractivity contribution in [1.29, 1.82) is 0 Å². The van der Waals surface area contributed by atoms with Gasteiger partial charge in [-0.3, -0.25) is 19.5 Å². The van der Waals surface area contributed by atoms with Crippen molar-refractivity contribution in [3.63, 3.8) is 0 Å². The van der Waals surface area contributed by atoms with E-state index in [9.17, 15) is 9.59 Å². The van der Waals surface area contributed by atoms with Crippen molar-refractivity contribution < 1.29 is 9.59 Å². The summed E-state index contributed by atoms with van der Waals surface area (Å²) in [5.41, 5.74) is 2.23. The largest absolute Gasteiger partial charge is 0.359 e. The van der Waals surface area contributed by atoms with Gasteiger partial charge in [0.15, 0.2) is 0 Å². The summed E-state index contributed by atoms with van der Waals surface area (Å²) >= 11 is 0. The maximum atomic E-state index is 12.5. The molecule has 3 rings (SSSR count). The Balaban J connectivity index is 1.71. The first kappa shape index (κ1) is 18.0. The van der Waals surface area contributed by atoms with Gasteiger partial charge in [-0.2, -0.15) is 0 Å². The Kier molecular flexibility index (Phi) is 5.58. The molecule has 2 amide bonds. The molecule has 7 nitrogen and oxygen atoms in total. The topological polar surface area (TPSA) is 87.2 Å². The fraction of sp³-hybridized carbons (Fsp3) is 0.368. The van der Waals surface area contributed by atoms with Crippen molar-refractivity contribution in [3.05, 3.63) is 59.7 Å². The molecule has 2 N–H and O–H groups in total. The summed E-state index contributed by atoms with van der Waals surface area (Å²) in [6, 6.07) is 8.96. The van der Waals surface area contributed by atoms with Crippen LogP contribution < -0.4 is 10.6 Å². The third kappa shape index (κ3) is 4.23. The lowest BCUT2D eigenvalue weighted by Gasteiger charge is -2.18. The number of hydrogen-bond donors (Lipinski definition) is 2. The van der Waals surface area contributed by atoms with Crippen LogP contribution in [0.2, 0.25) is 0 Å². The van der Waals surface area contributed by atoms with Gasteiger partial charge in [0, 0.05) is 44.8 Å². The monoisotopic (exact) mass is 353 g/mol. The number of nitrogens with zero attached hydrogens (tertiary/aromatic N) is 3. The lowest BCUT2D eigenvalue weighted by atomic mass is 10.0. The highest BCUT2D eigenvalue weighted by atomic mass is 16.2. The van der Waals surface area contributed by atoms with Gasteiger partial charge in [-0.15, -0.1) is 0 Å². The van der Waals surface area contributed by atoms with Crippen molar-refractivity contribution in [3.8, 4) is 0 Å². The van der Waals surface area contributed by atoms with E-state index in [-0.39, 0.29) is 23.8 Å². The average Bonchev–Trinajstić information content (AvgIpc) is 3.04. The molecule has 136 valence electrons. The molecule has 0 aromatic carbocycles. The van der Waals surface area contributed by atoms with Gasteiger partial charge in [0.05, 0.1) is 12.0 Å². The zero-order chi connectivity index (χ0) is 18.5. The van der Waals surface area contributed by atoms with E-state index in [1.807, 2.05) is 31.3 Å². The highest BCUT2D eigenvalue weighted by Gasteiger charge is 2.38. The second kappa shape index (κ2) is 8.05. The van der Waals surface area contributed by atoms with Crippen LogP contribution in [0.5, 0.6) is 0 Å². The molecule has 0 bridgehead atoms. The van der Waals surface area contributed by atoms with Crippen LogP contribution in [0.3, 0.4) is 0 Å². The second-order valence-corrected chi connectivity index (χ2v) is 6.52. The molecule has 2 unspecified atom stereocenters. The Morgan fingerprint density at radius 2 is 2.08 bits per heavy atom. The Hall–Kier alpha value is -2.80. The fourth-order valence-corrected chi connectivity index (χ4v) is 3.27. The van der Waals surface area contributed by atoms with Crippen molar-refractivity contribution in [2.24, 2.45) is 5.92 Å². The van der Waals surface area contributed by atoms with Crippen molar-refractivity contribution >= 4 is 11.8 Å². The third-order valence-corrected chi connectivity index (χ3v) is 4.55. The van der Waals surface area contributed by atoms with Crippen LogP contribution in [-0.4, -0.2) is 52.9 Å². The quantitative estimate of drug-likeness (QED) is 0.829. The Labute approximate surface area is 152 Å². The van der Waals surface area contributed by atoms with E-state index in [2.05, 4.69) is 25.5 Å². The molecule has 2 aromatic rings. The lowest BCUT2D eigenvalue weighted by Crippen LogP contribution is -2.45. The smallest absolute Gasteiger partial charge is 0.270 e. The number of aromatic nitrogens is 2. The molecule has 7 heteroatoms. The first-order valence-electron chi connectivity index (χ1n) is 8.64. The standard InChI is InChI=1S/C19H23N5O2/c1-13-5-3-7-16(22-13)19(26)23-17-12-24(11-15(17)18(25)20-2)10-14-6-4-8-21-9-14/h3-9,15,17H,10-12H2,1-2H3,(H,20,25)(H,23,26). The molecule has 2 atom stereocenters. The van der Waals surface area contributed by atoms with Gasteiger partial charge >= 0.3 is 0 Å². The maximum Gasteiger partial charge on any atom is 0.270 e. The van der Waals surface area contributed by atoms with Gasteiger partial charge in [-0.1, -0.05) is 12.1 Å². The van der Waals surface area contributed by atoms with E-state index >= 15 is 0 Å². The third-order valence-electron chi connectivity index (χ3n) is 4.55. The van der Waals surface area contributed by atoms with Gasteiger partial charge < -0.3 is 10.6 Å². The van der Waals surface area contributed by atoms with Gasteiger partial charge in [-0.05, 0) is 30.7 Å².